The molecule has 3 rings (SSSR count). The molecule has 0 saturated carbocycles. The van der Waals surface area contributed by atoms with Gasteiger partial charge in [-0.15, -0.1) is 0 Å². The number of halogens is 2. The van der Waals surface area contributed by atoms with Crippen LogP contribution in [-0.2, 0) is 11.3 Å². The third kappa shape index (κ3) is 7.06. The molecule has 0 unspecified atom stereocenters. The molecule has 0 spiro atoms. The Hall–Kier alpha value is -3.38. The summed E-state index contributed by atoms with van der Waals surface area (Å²) >= 11 is 8.41. The second-order valence-corrected chi connectivity index (χ2v) is 9.31. The molecule has 178 valence electrons. The number of nitrogens with one attached hydrogen (secondary N) is 3. The van der Waals surface area contributed by atoms with Gasteiger partial charge in [0.25, 0.3) is 5.91 Å². The zero-order valence-corrected chi connectivity index (χ0v) is 20.8. The molecule has 0 aliphatic heterocycles. The molecule has 2 aromatic carbocycles. The topological polar surface area (TPSA) is 118 Å². The number of carbonyl (C=O) groups is 2. The van der Waals surface area contributed by atoms with Crippen molar-refractivity contribution < 1.29 is 23.3 Å². The van der Waals surface area contributed by atoms with E-state index in [0.717, 1.165) is 5.56 Å². The summed E-state index contributed by atoms with van der Waals surface area (Å²) in [7, 11) is 0. The number of rotatable bonds is 6. The maximum Gasteiger partial charge on any atom is 0.407 e. The average Bonchev–Trinajstić information content (AvgIpc) is 3.22. The normalized spacial score (nSPS) is 11.0. The molecular formula is C22H21BrFN5O4S. The summed E-state index contributed by atoms with van der Waals surface area (Å²) in [5, 5.41) is 15.6. The zero-order chi connectivity index (χ0) is 24.9. The van der Waals surface area contributed by atoms with E-state index >= 15 is 0 Å². The van der Waals surface area contributed by atoms with Crippen LogP contribution < -0.4 is 16.0 Å². The molecule has 0 aliphatic carbocycles. The van der Waals surface area contributed by atoms with Crippen LogP contribution in [0, 0.1) is 5.82 Å². The standard InChI is InChI=1S/C22H21BrFN5O4S/c1-22(2,3)32-21(31)25-11-12-4-6-13(7-5-12)19(30)27-18-17(28-33-29-18)20(34)26-14-8-9-16(24)15(23)10-14/h4-10H,11H2,1-3H3,(H,25,31)(H,26,34)(H,27,29,30). The van der Waals surface area contributed by atoms with Crippen molar-refractivity contribution in [2.24, 2.45) is 0 Å². The summed E-state index contributed by atoms with van der Waals surface area (Å²) in [6, 6.07) is 10.9. The van der Waals surface area contributed by atoms with Gasteiger partial charge in [0, 0.05) is 17.8 Å². The number of aromatic nitrogens is 2. The van der Waals surface area contributed by atoms with Gasteiger partial charge in [0.1, 0.15) is 16.4 Å². The Labute approximate surface area is 208 Å². The molecule has 34 heavy (non-hydrogen) atoms. The Balaban J connectivity index is 1.60. The lowest BCUT2D eigenvalue weighted by molar-refractivity contribution is 0.0523. The molecule has 9 nitrogen and oxygen atoms in total. The summed E-state index contributed by atoms with van der Waals surface area (Å²) in [6.45, 7) is 5.58. The fourth-order valence-electron chi connectivity index (χ4n) is 2.63. The lowest BCUT2D eigenvalue weighted by Crippen LogP contribution is -2.32. The summed E-state index contributed by atoms with van der Waals surface area (Å²) in [5.74, 6) is -0.852. The van der Waals surface area contributed by atoms with E-state index in [4.69, 9.17) is 21.6 Å². The minimum atomic E-state index is -0.589. The van der Waals surface area contributed by atoms with Gasteiger partial charge in [-0.05, 0) is 82.9 Å². The highest BCUT2D eigenvalue weighted by molar-refractivity contribution is 9.10. The van der Waals surface area contributed by atoms with E-state index in [1.165, 1.54) is 18.2 Å². The SMILES string of the molecule is CC(C)(C)OC(=O)NCc1ccc(C(=O)Nc2nonc2C(=S)Nc2ccc(F)c(Br)c2)cc1. The first-order chi connectivity index (χ1) is 16.0. The van der Waals surface area contributed by atoms with Gasteiger partial charge in [0.15, 0.2) is 5.69 Å². The van der Waals surface area contributed by atoms with E-state index in [1.807, 2.05) is 0 Å². The van der Waals surface area contributed by atoms with Crippen molar-refractivity contribution in [3.8, 4) is 0 Å². The van der Waals surface area contributed by atoms with E-state index in [1.54, 1.807) is 45.0 Å². The molecule has 2 amide bonds. The van der Waals surface area contributed by atoms with Crippen LogP contribution in [-0.4, -0.2) is 32.9 Å². The van der Waals surface area contributed by atoms with Gasteiger partial charge in [-0.25, -0.2) is 13.8 Å². The molecule has 0 aliphatic rings. The van der Waals surface area contributed by atoms with Crippen LogP contribution in [0.15, 0.2) is 51.6 Å². The van der Waals surface area contributed by atoms with E-state index in [2.05, 4.69) is 42.2 Å². The first-order valence-corrected chi connectivity index (χ1v) is 11.2. The lowest BCUT2D eigenvalue weighted by atomic mass is 10.1. The Kier molecular flexibility index (Phi) is 7.94. The number of amides is 2. The largest absolute Gasteiger partial charge is 0.444 e. The summed E-state index contributed by atoms with van der Waals surface area (Å²) < 4.78 is 23.6. The number of nitrogens with zero attached hydrogens (tertiary/aromatic N) is 2. The van der Waals surface area contributed by atoms with Gasteiger partial charge >= 0.3 is 6.09 Å². The van der Waals surface area contributed by atoms with Gasteiger partial charge in [0.2, 0.25) is 5.82 Å². The number of hydrogen-bond donors (Lipinski definition) is 3. The first kappa shape index (κ1) is 25.2. The van der Waals surface area contributed by atoms with Gasteiger partial charge < -0.3 is 20.7 Å². The highest BCUT2D eigenvalue weighted by atomic mass is 79.9. The molecule has 1 heterocycles. The van der Waals surface area contributed by atoms with Crippen molar-refractivity contribution in [2.45, 2.75) is 32.9 Å². The van der Waals surface area contributed by atoms with Gasteiger partial charge in [-0.2, -0.15) is 0 Å². The van der Waals surface area contributed by atoms with Crippen LogP contribution in [0.2, 0.25) is 0 Å². The van der Waals surface area contributed by atoms with Crippen molar-refractivity contribution >= 4 is 56.6 Å². The van der Waals surface area contributed by atoms with Gasteiger partial charge in [-0.3, -0.25) is 4.79 Å². The number of carbonyl (C=O) groups excluding carboxylic acids is 2. The summed E-state index contributed by atoms with van der Waals surface area (Å²) in [4.78, 5) is 24.5. The predicted octanol–water partition coefficient (Wildman–Crippen LogP) is 5.04. The predicted molar refractivity (Wildman–Crippen MR) is 131 cm³/mol. The minimum Gasteiger partial charge on any atom is -0.444 e. The molecule has 12 heteroatoms. The maximum atomic E-state index is 13.4. The zero-order valence-electron chi connectivity index (χ0n) is 18.4. The van der Waals surface area contributed by atoms with E-state index < -0.39 is 23.4 Å². The van der Waals surface area contributed by atoms with Crippen molar-refractivity contribution in [3.63, 3.8) is 0 Å². The second-order valence-electron chi connectivity index (χ2n) is 8.05. The summed E-state index contributed by atoms with van der Waals surface area (Å²) in [6.07, 6.45) is -0.530. The number of thiocarbonyl (C=S) groups is 1. The number of alkyl carbamates (subject to hydrolysis) is 1. The smallest absolute Gasteiger partial charge is 0.407 e. The Morgan fingerprint density at radius 3 is 2.47 bits per heavy atom. The molecule has 0 saturated heterocycles. The summed E-state index contributed by atoms with van der Waals surface area (Å²) in [5.41, 5.74) is 1.16. The lowest BCUT2D eigenvalue weighted by Gasteiger charge is -2.19. The average molecular weight is 550 g/mol. The van der Waals surface area contributed by atoms with Crippen molar-refractivity contribution in [1.29, 1.82) is 0 Å². The van der Waals surface area contributed by atoms with Crippen LogP contribution in [0.4, 0.5) is 20.7 Å². The number of benzene rings is 2. The molecule has 0 bridgehead atoms. The van der Waals surface area contributed by atoms with Crippen LogP contribution in [0.3, 0.4) is 0 Å². The first-order valence-electron chi connectivity index (χ1n) is 9.98. The fraction of sp³-hybridized carbons (Fsp3) is 0.227. The highest BCUT2D eigenvalue weighted by Crippen LogP contribution is 2.22. The molecule has 1 aromatic heterocycles. The third-order valence-corrected chi connectivity index (χ3v) is 5.07. The molecular weight excluding hydrogens is 529 g/mol. The second kappa shape index (κ2) is 10.7. The quantitative estimate of drug-likeness (QED) is 0.366. The fourth-order valence-corrected chi connectivity index (χ4v) is 3.26. The van der Waals surface area contributed by atoms with E-state index in [9.17, 15) is 14.0 Å². The van der Waals surface area contributed by atoms with Crippen molar-refractivity contribution in [2.75, 3.05) is 10.6 Å². The minimum absolute atomic E-state index is 0.0272. The van der Waals surface area contributed by atoms with Crippen LogP contribution in [0.5, 0.6) is 0 Å². The van der Waals surface area contributed by atoms with Crippen LogP contribution in [0.25, 0.3) is 0 Å². The highest BCUT2D eigenvalue weighted by Gasteiger charge is 2.19. The number of hydrogen-bond acceptors (Lipinski definition) is 7. The van der Waals surface area contributed by atoms with Gasteiger partial charge in [0.05, 0.1) is 4.47 Å². The Morgan fingerprint density at radius 2 is 1.82 bits per heavy atom. The van der Waals surface area contributed by atoms with E-state index in [0.29, 0.717) is 11.3 Å². The van der Waals surface area contributed by atoms with Crippen molar-refractivity contribution in [3.05, 3.63) is 69.6 Å². The van der Waals surface area contributed by atoms with Crippen LogP contribution >= 0.6 is 28.1 Å². The Bertz CT molecular complexity index is 1210. The number of ether oxygens (including phenoxy) is 1. The van der Waals surface area contributed by atoms with Crippen molar-refractivity contribution in [1.82, 2.24) is 15.6 Å². The monoisotopic (exact) mass is 549 g/mol. The third-order valence-electron chi connectivity index (χ3n) is 4.16. The molecule has 0 atom stereocenters. The van der Waals surface area contributed by atoms with Gasteiger partial charge in [-0.1, -0.05) is 24.4 Å². The van der Waals surface area contributed by atoms with Crippen LogP contribution in [0.1, 0.15) is 42.4 Å². The molecule has 0 radical (unpaired) electrons. The Morgan fingerprint density at radius 1 is 1.12 bits per heavy atom. The molecule has 0 fully saturated rings. The number of anilines is 2. The van der Waals surface area contributed by atoms with E-state index in [-0.39, 0.29) is 27.5 Å². The maximum absolute atomic E-state index is 13.4. The molecule has 3 N–H and O–H groups in total. The molecule has 3 aromatic rings.